The van der Waals surface area contributed by atoms with E-state index in [0.29, 0.717) is 18.5 Å². The number of nitrogens with one attached hydrogen (secondary N) is 2. The standard InChI is InChI=1S/C22H32N4O4/c1-14(2)17(18(28)15-8-6-10-23-12-15)24-21(30)25-19(22(3,4)5)20(29)26-11-7-9-16(26)13-27/h6,8,10,12-14,16-17,19H,7,9,11H2,1-5H3,(H2,24,25,30). The number of Topliss-reactive ketones (excluding diaryl/α,β-unsaturated/α-hetero) is 1. The van der Waals surface area contributed by atoms with Crippen molar-refractivity contribution < 1.29 is 19.2 Å². The second kappa shape index (κ2) is 9.82. The van der Waals surface area contributed by atoms with Crippen molar-refractivity contribution >= 4 is 24.0 Å². The summed E-state index contributed by atoms with van der Waals surface area (Å²) in [6.07, 6.45) is 5.21. The molecule has 2 rings (SSSR count). The fourth-order valence-electron chi connectivity index (χ4n) is 3.56. The molecule has 0 aliphatic carbocycles. The molecular weight excluding hydrogens is 384 g/mol. The van der Waals surface area contributed by atoms with Crippen molar-refractivity contribution in [2.24, 2.45) is 11.3 Å². The van der Waals surface area contributed by atoms with E-state index in [2.05, 4.69) is 15.6 Å². The van der Waals surface area contributed by atoms with Crippen LogP contribution in [0.2, 0.25) is 0 Å². The minimum Gasteiger partial charge on any atom is -0.331 e. The maximum Gasteiger partial charge on any atom is 0.316 e. The third kappa shape index (κ3) is 5.64. The monoisotopic (exact) mass is 416 g/mol. The van der Waals surface area contributed by atoms with Crippen molar-refractivity contribution in [3.05, 3.63) is 30.1 Å². The second-order valence-corrected chi connectivity index (χ2v) is 9.12. The molecule has 0 radical (unpaired) electrons. The van der Waals surface area contributed by atoms with E-state index in [0.717, 1.165) is 12.7 Å². The molecule has 0 bridgehead atoms. The smallest absolute Gasteiger partial charge is 0.316 e. The molecule has 3 atom stereocenters. The number of ketones is 1. The summed E-state index contributed by atoms with van der Waals surface area (Å²) in [5.41, 5.74) is -0.170. The van der Waals surface area contributed by atoms with Crippen molar-refractivity contribution in [1.29, 1.82) is 0 Å². The Balaban J connectivity index is 2.15. The van der Waals surface area contributed by atoms with Gasteiger partial charge in [0.05, 0.1) is 12.1 Å². The molecule has 1 saturated heterocycles. The number of nitrogens with zero attached hydrogens (tertiary/aromatic N) is 2. The lowest BCUT2D eigenvalue weighted by Gasteiger charge is -2.35. The van der Waals surface area contributed by atoms with Crippen molar-refractivity contribution in [2.45, 2.75) is 65.6 Å². The van der Waals surface area contributed by atoms with E-state index in [1.54, 1.807) is 18.3 Å². The predicted octanol–water partition coefficient (Wildman–Crippen LogP) is 2.19. The van der Waals surface area contributed by atoms with Gasteiger partial charge in [0.25, 0.3) is 0 Å². The molecule has 8 heteroatoms. The van der Waals surface area contributed by atoms with Gasteiger partial charge in [-0.3, -0.25) is 14.6 Å². The molecule has 0 spiro atoms. The molecule has 0 aromatic carbocycles. The van der Waals surface area contributed by atoms with Gasteiger partial charge in [0.15, 0.2) is 5.78 Å². The van der Waals surface area contributed by atoms with E-state index in [9.17, 15) is 19.2 Å². The Morgan fingerprint density at radius 3 is 2.47 bits per heavy atom. The Bertz CT molecular complexity index is 773. The molecular formula is C22H32N4O4. The van der Waals surface area contributed by atoms with Crippen LogP contribution in [0.15, 0.2) is 24.5 Å². The molecule has 2 N–H and O–H groups in total. The van der Waals surface area contributed by atoms with Crippen molar-refractivity contribution in [3.8, 4) is 0 Å². The first-order valence-electron chi connectivity index (χ1n) is 10.3. The van der Waals surface area contributed by atoms with Crippen LogP contribution in [0, 0.1) is 11.3 Å². The van der Waals surface area contributed by atoms with Gasteiger partial charge in [-0.05, 0) is 36.3 Å². The van der Waals surface area contributed by atoms with Gasteiger partial charge in [0, 0.05) is 24.5 Å². The first-order valence-corrected chi connectivity index (χ1v) is 10.3. The van der Waals surface area contributed by atoms with E-state index >= 15 is 0 Å². The zero-order valence-electron chi connectivity index (χ0n) is 18.3. The number of aromatic nitrogens is 1. The minimum atomic E-state index is -0.834. The largest absolute Gasteiger partial charge is 0.331 e. The minimum absolute atomic E-state index is 0.162. The normalized spacial score (nSPS) is 18.6. The lowest BCUT2D eigenvalue weighted by Crippen LogP contribution is -2.59. The van der Waals surface area contributed by atoms with E-state index < -0.39 is 29.6 Å². The molecule has 3 amide bonds. The zero-order chi connectivity index (χ0) is 22.5. The van der Waals surface area contributed by atoms with Crippen molar-refractivity contribution in [1.82, 2.24) is 20.5 Å². The summed E-state index contributed by atoms with van der Waals surface area (Å²) in [5.74, 6) is -0.690. The highest BCUT2D eigenvalue weighted by atomic mass is 16.2. The molecule has 30 heavy (non-hydrogen) atoms. The number of likely N-dealkylation sites (tertiary alicyclic amines) is 1. The summed E-state index contributed by atoms with van der Waals surface area (Å²) >= 11 is 0. The lowest BCUT2D eigenvalue weighted by molar-refractivity contribution is -0.138. The summed E-state index contributed by atoms with van der Waals surface area (Å²) in [7, 11) is 0. The predicted molar refractivity (Wildman–Crippen MR) is 113 cm³/mol. The summed E-state index contributed by atoms with van der Waals surface area (Å²) in [4.78, 5) is 55.5. The highest BCUT2D eigenvalue weighted by molar-refractivity contribution is 6.02. The summed E-state index contributed by atoms with van der Waals surface area (Å²) in [5, 5.41) is 5.47. The Kier molecular flexibility index (Phi) is 7.70. The topological polar surface area (TPSA) is 108 Å². The van der Waals surface area contributed by atoms with Crippen LogP contribution < -0.4 is 10.6 Å². The number of carbonyl (C=O) groups excluding carboxylic acids is 4. The molecule has 1 aromatic rings. The molecule has 0 saturated carbocycles. The van der Waals surface area contributed by atoms with Crippen LogP contribution in [-0.2, 0) is 9.59 Å². The fraction of sp³-hybridized carbons (Fsp3) is 0.591. The van der Waals surface area contributed by atoms with Crippen LogP contribution in [0.5, 0.6) is 0 Å². The number of urea groups is 1. The lowest BCUT2D eigenvalue weighted by atomic mass is 9.85. The van der Waals surface area contributed by atoms with Gasteiger partial charge in [0.1, 0.15) is 12.3 Å². The molecule has 1 aliphatic rings. The number of pyridine rings is 1. The maximum absolute atomic E-state index is 13.1. The van der Waals surface area contributed by atoms with E-state index in [4.69, 9.17) is 0 Å². The molecule has 1 fully saturated rings. The fourth-order valence-corrected chi connectivity index (χ4v) is 3.56. The average Bonchev–Trinajstić information content (AvgIpc) is 3.17. The highest BCUT2D eigenvalue weighted by Crippen LogP contribution is 2.25. The number of aldehydes is 1. The van der Waals surface area contributed by atoms with Gasteiger partial charge in [-0.25, -0.2) is 4.79 Å². The summed E-state index contributed by atoms with van der Waals surface area (Å²) in [6.45, 7) is 9.72. The first kappa shape index (κ1) is 23.5. The van der Waals surface area contributed by atoms with Crippen LogP contribution in [0.25, 0.3) is 0 Å². The van der Waals surface area contributed by atoms with E-state index in [-0.39, 0.29) is 17.6 Å². The molecule has 164 valence electrons. The second-order valence-electron chi connectivity index (χ2n) is 9.12. The molecule has 3 unspecified atom stereocenters. The number of carbonyl (C=O) groups is 4. The Labute approximate surface area is 177 Å². The van der Waals surface area contributed by atoms with Crippen LogP contribution in [-0.4, -0.2) is 58.6 Å². The molecule has 2 heterocycles. The average molecular weight is 417 g/mol. The summed E-state index contributed by atoms with van der Waals surface area (Å²) < 4.78 is 0. The number of hydrogen-bond acceptors (Lipinski definition) is 5. The van der Waals surface area contributed by atoms with Crippen molar-refractivity contribution in [3.63, 3.8) is 0 Å². The quantitative estimate of drug-likeness (QED) is 0.523. The van der Waals surface area contributed by atoms with Crippen LogP contribution in [0.3, 0.4) is 0 Å². The maximum atomic E-state index is 13.1. The number of amides is 3. The molecule has 8 nitrogen and oxygen atoms in total. The Morgan fingerprint density at radius 2 is 1.93 bits per heavy atom. The van der Waals surface area contributed by atoms with Crippen LogP contribution >= 0.6 is 0 Å². The van der Waals surface area contributed by atoms with E-state index in [1.165, 1.54) is 11.1 Å². The third-order valence-electron chi connectivity index (χ3n) is 5.31. The molecule has 1 aliphatic heterocycles. The van der Waals surface area contributed by atoms with Gasteiger partial charge in [-0.1, -0.05) is 34.6 Å². The van der Waals surface area contributed by atoms with Gasteiger partial charge < -0.3 is 20.3 Å². The first-order chi connectivity index (χ1) is 14.1. The molecule has 1 aromatic heterocycles. The van der Waals surface area contributed by atoms with Gasteiger partial charge >= 0.3 is 6.03 Å². The van der Waals surface area contributed by atoms with Crippen molar-refractivity contribution in [2.75, 3.05) is 6.54 Å². The van der Waals surface area contributed by atoms with Crippen LogP contribution in [0.4, 0.5) is 4.79 Å². The number of rotatable bonds is 7. The van der Waals surface area contributed by atoms with Gasteiger partial charge in [-0.2, -0.15) is 0 Å². The Hall–Kier alpha value is -2.77. The SMILES string of the molecule is CC(C)C(NC(=O)NC(C(=O)N1CCCC1C=O)C(C)(C)C)C(=O)c1cccnc1. The number of hydrogen-bond donors (Lipinski definition) is 2. The van der Waals surface area contributed by atoms with Crippen LogP contribution in [0.1, 0.15) is 57.8 Å². The third-order valence-corrected chi connectivity index (χ3v) is 5.31. The Morgan fingerprint density at radius 1 is 1.23 bits per heavy atom. The highest BCUT2D eigenvalue weighted by Gasteiger charge is 2.40. The van der Waals surface area contributed by atoms with E-state index in [1.807, 2.05) is 34.6 Å². The van der Waals surface area contributed by atoms with Gasteiger partial charge in [-0.15, -0.1) is 0 Å². The summed E-state index contributed by atoms with van der Waals surface area (Å²) in [6, 6.07) is 0.666. The zero-order valence-corrected chi connectivity index (χ0v) is 18.3. The van der Waals surface area contributed by atoms with Gasteiger partial charge in [0.2, 0.25) is 5.91 Å².